The highest BCUT2D eigenvalue weighted by atomic mass is 32.2. The zero-order valence-corrected chi connectivity index (χ0v) is 19.3. The van der Waals surface area contributed by atoms with Crippen LogP contribution in [0.15, 0.2) is 75.9 Å². The second kappa shape index (κ2) is 8.95. The Morgan fingerprint density at radius 3 is 2.46 bits per heavy atom. The molecule has 1 aromatic heterocycles. The van der Waals surface area contributed by atoms with Gasteiger partial charge in [-0.2, -0.15) is 5.10 Å². The van der Waals surface area contributed by atoms with Gasteiger partial charge in [0.05, 0.1) is 16.7 Å². The maximum atomic E-state index is 12.5. The van der Waals surface area contributed by atoms with Gasteiger partial charge in [0, 0.05) is 25.4 Å². The molecule has 3 aromatic carbocycles. The average Bonchev–Trinajstić information content (AvgIpc) is 3.18. The van der Waals surface area contributed by atoms with E-state index in [1.807, 2.05) is 0 Å². The van der Waals surface area contributed by atoms with Crippen LogP contribution in [0.25, 0.3) is 10.8 Å². The number of ether oxygens (including phenoxy) is 1. The molecule has 0 aliphatic rings. The molecule has 0 saturated heterocycles. The first-order chi connectivity index (χ1) is 16.6. The third kappa shape index (κ3) is 4.70. The van der Waals surface area contributed by atoms with Gasteiger partial charge < -0.3 is 10.5 Å². The minimum Gasteiger partial charge on any atom is -0.454 e. The van der Waals surface area contributed by atoms with Crippen LogP contribution >= 0.6 is 0 Å². The summed E-state index contributed by atoms with van der Waals surface area (Å²) in [6.45, 7) is 0. The number of aryl methyl sites for hydroxylation is 1. The number of sulfone groups is 1. The second-order valence-electron chi connectivity index (χ2n) is 7.47. The Labute approximate surface area is 198 Å². The van der Waals surface area contributed by atoms with Crippen LogP contribution in [0.2, 0.25) is 0 Å². The molecule has 0 radical (unpaired) electrons. The van der Waals surface area contributed by atoms with Crippen LogP contribution in [0.3, 0.4) is 0 Å². The van der Waals surface area contributed by atoms with Gasteiger partial charge in [-0.1, -0.05) is 24.3 Å². The van der Waals surface area contributed by atoms with Gasteiger partial charge in [-0.15, -0.1) is 10.2 Å². The van der Waals surface area contributed by atoms with Crippen LogP contribution in [0, 0.1) is 10.1 Å². The van der Waals surface area contributed by atoms with Crippen LogP contribution in [-0.2, 0) is 16.9 Å². The third-order valence-corrected chi connectivity index (χ3v) is 6.11. The van der Waals surface area contributed by atoms with Crippen molar-refractivity contribution >= 4 is 43.7 Å². The van der Waals surface area contributed by atoms with Crippen molar-refractivity contribution in [2.24, 2.45) is 23.0 Å². The van der Waals surface area contributed by atoms with E-state index in [-0.39, 0.29) is 39.2 Å². The predicted octanol–water partition coefficient (Wildman–Crippen LogP) is 4.19. The summed E-state index contributed by atoms with van der Waals surface area (Å²) in [5.41, 5.74) is 5.64. The van der Waals surface area contributed by atoms with Gasteiger partial charge in [-0.25, -0.2) is 13.1 Å². The Morgan fingerprint density at radius 1 is 1.14 bits per heavy atom. The molecule has 4 rings (SSSR count). The van der Waals surface area contributed by atoms with Gasteiger partial charge in [0.25, 0.3) is 11.6 Å². The number of aromatic nitrogens is 2. The fourth-order valence-corrected chi connectivity index (χ4v) is 4.12. The number of primary amides is 1. The normalized spacial score (nSPS) is 11.7. The first kappa shape index (κ1) is 23.5. The van der Waals surface area contributed by atoms with Crippen molar-refractivity contribution in [1.82, 2.24) is 9.78 Å². The van der Waals surface area contributed by atoms with Crippen molar-refractivity contribution < 1.29 is 22.9 Å². The highest BCUT2D eigenvalue weighted by molar-refractivity contribution is 7.90. The fourth-order valence-electron chi connectivity index (χ4n) is 3.38. The minimum absolute atomic E-state index is 0.0174. The monoisotopic (exact) mass is 494 g/mol. The van der Waals surface area contributed by atoms with Gasteiger partial charge in [-0.3, -0.25) is 14.9 Å². The number of fused-ring (bicyclic) bond motifs is 1. The minimum atomic E-state index is -3.64. The first-order valence-electron chi connectivity index (χ1n) is 9.98. The number of nitrogens with zero attached hydrogens (tertiary/aromatic N) is 5. The van der Waals surface area contributed by atoms with Crippen LogP contribution < -0.4 is 10.5 Å². The Hall–Kier alpha value is -4.65. The molecule has 0 unspecified atom stereocenters. The first-order valence-corrected chi connectivity index (χ1v) is 11.9. The molecule has 2 N–H and O–H groups in total. The van der Waals surface area contributed by atoms with Crippen LogP contribution in [0.1, 0.15) is 10.4 Å². The van der Waals surface area contributed by atoms with Crippen molar-refractivity contribution in [3.05, 3.63) is 76.5 Å². The maximum Gasteiger partial charge on any atom is 0.269 e. The molecule has 35 heavy (non-hydrogen) atoms. The maximum absolute atomic E-state index is 12.5. The number of rotatable bonds is 7. The molecule has 4 aromatic rings. The van der Waals surface area contributed by atoms with E-state index in [2.05, 4.69) is 15.3 Å². The summed E-state index contributed by atoms with van der Waals surface area (Å²) in [4.78, 5) is 22.8. The molecule has 178 valence electrons. The molecule has 12 nitrogen and oxygen atoms in total. The summed E-state index contributed by atoms with van der Waals surface area (Å²) in [5, 5.41) is 24.2. The lowest BCUT2D eigenvalue weighted by atomic mass is 10.0. The lowest BCUT2D eigenvalue weighted by Gasteiger charge is -2.14. The topological polar surface area (TPSA) is 172 Å². The number of hydrogen-bond acceptors (Lipinski definition) is 9. The van der Waals surface area contributed by atoms with E-state index >= 15 is 0 Å². The Balaban J connectivity index is 1.91. The molecule has 0 spiro atoms. The molecule has 0 aliphatic heterocycles. The number of benzene rings is 3. The SMILES string of the molecule is Cn1ncc(S(C)(=O)=O)c1N=Nc1cc2ccccc2c(C(N)=O)c1Oc1ccc([N+](=O)[O-])cc1. The number of nitro benzene ring substituents is 1. The lowest BCUT2D eigenvalue weighted by Crippen LogP contribution is -2.13. The van der Waals surface area contributed by atoms with Gasteiger partial charge >= 0.3 is 0 Å². The molecule has 0 aliphatic carbocycles. The van der Waals surface area contributed by atoms with Gasteiger partial charge in [0.15, 0.2) is 21.4 Å². The van der Waals surface area contributed by atoms with E-state index in [0.717, 1.165) is 12.5 Å². The zero-order chi connectivity index (χ0) is 25.3. The summed E-state index contributed by atoms with van der Waals surface area (Å²) < 4.78 is 31.4. The summed E-state index contributed by atoms with van der Waals surface area (Å²) in [6, 6.07) is 13.7. The van der Waals surface area contributed by atoms with Crippen molar-refractivity contribution in [3.8, 4) is 11.5 Å². The molecule has 1 heterocycles. The summed E-state index contributed by atoms with van der Waals surface area (Å²) in [5.74, 6) is -0.686. The van der Waals surface area contributed by atoms with Crippen LogP contribution in [0.4, 0.5) is 17.2 Å². The number of non-ortho nitro benzene ring substituents is 1. The van der Waals surface area contributed by atoms with Crippen molar-refractivity contribution in [1.29, 1.82) is 0 Å². The van der Waals surface area contributed by atoms with E-state index < -0.39 is 20.7 Å². The van der Waals surface area contributed by atoms with Crippen molar-refractivity contribution in [2.75, 3.05) is 6.26 Å². The number of carbonyl (C=O) groups excluding carboxylic acids is 1. The quantitative estimate of drug-likeness (QED) is 0.228. The molecule has 0 bridgehead atoms. The smallest absolute Gasteiger partial charge is 0.269 e. The van der Waals surface area contributed by atoms with Crippen molar-refractivity contribution in [3.63, 3.8) is 0 Å². The molecular weight excluding hydrogens is 476 g/mol. The van der Waals surface area contributed by atoms with E-state index in [1.165, 1.54) is 36.0 Å². The molecule has 0 saturated carbocycles. The standard InChI is InChI=1S/C22H18N6O6S/c1-27-22(18(12-24-27)35(2,32)33)26-25-17-11-13-5-3-4-6-16(13)19(21(23)29)20(17)34-15-9-7-14(8-10-15)28(30)31/h3-12H,1-2H3,(H2,23,29). The van der Waals surface area contributed by atoms with E-state index in [0.29, 0.717) is 10.8 Å². The van der Waals surface area contributed by atoms with Crippen LogP contribution in [0.5, 0.6) is 11.5 Å². The van der Waals surface area contributed by atoms with E-state index in [4.69, 9.17) is 10.5 Å². The van der Waals surface area contributed by atoms with Gasteiger partial charge in [0.2, 0.25) is 0 Å². The second-order valence-corrected chi connectivity index (χ2v) is 9.45. The molecule has 1 amide bonds. The average molecular weight is 494 g/mol. The molecular formula is C22H18N6O6S. The largest absolute Gasteiger partial charge is 0.454 e. The summed E-state index contributed by atoms with van der Waals surface area (Å²) >= 11 is 0. The Kier molecular flexibility index (Phi) is 6.01. The lowest BCUT2D eigenvalue weighted by molar-refractivity contribution is -0.384. The fraction of sp³-hybridized carbons (Fsp3) is 0.0909. The molecule has 13 heteroatoms. The van der Waals surface area contributed by atoms with Crippen molar-refractivity contribution in [2.45, 2.75) is 4.90 Å². The highest BCUT2D eigenvalue weighted by Gasteiger charge is 2.22. The Morgan fingerprint density at radius 2 is 1.83 bits per heavy atom. The van der Waals surface area contributed by atoms with E-state index in [9.17, 15) is 23.3 Å². The van der Waals surface area contributed by atoms with E-state index in [1.54, 1.807) is 30.3 Å². The summed E-state index contributed by atoms with van der Waals surface area (Å²) in [6.07, 6.45) is 2.18. The number of nitro groups is 1. The molecule has 0 atom stereocenters. The summed E-state index contributed by atoms with van der Waals surface area (Å²) in [7, 11) is -2.13. The zero-order valence-electron chi connectivity index (χ0n) is 18.4. The number of carbonyl (C=O) groups is 1. The van der Waals surface area contributed by atoms with Gasteiger partial charge in [0.1, 0.15) is 16.3 Å². The number of hydrogen-bond donors (Lipinski definition) is 1. The number of amides is 1. The number of nitrogens with two attached hydrogens (primary N) is 1. The Bertz CT molecular complexity index is 1610. The predicted molar refractivity (Wildman–Crippen MR) is 126 cm³/mol. The highest BCUT2D eigenvalue weighted by Crippen LogP contribution is 2.41. The third-order valence-electron chi connectivity index (χ3n) is 5.02. The van der Waals surface area contributed by atoms with Gasteiger partial charge in [-0.05, 0) is 29.0 Å². The van der Waals surface area contributed by atoms with Crippen LogP contribution in [-0.4, -0.2) is 35.3 Å². The number of azo groups is 1. The molecule has 0 fully saturated rings.